The van der Waals surface area contributed by atoms with Crippen LogP contribution in [0.15, 0.2) is 48.7 Å². The summed E-state index contributed by atoms with van der Waals surface area (Å²) in [6, 6.07) is 12.3. The summed E-state index contributed by atoms with van der Waals surface area (Å²) >= 11 is 12.5. The molecule has 2 heterocycles. The van der Waals surface area contributed by atoms with E-state index in [0.29, 0.717) is 40.6 Å². The zero-order chi connectivity index (χ0) is 31.1. The molecule has 0 radical (unpaired) electrons. The minimum Gasteiger partial charge on any atom is -0.481 e. The SMILES string of the molecule is C[C@H](NC(=O)c1cnc2n1[C@](C)(Cc1ccc(C#N)cc1)C(=O)N2c1cc(Cl)cc(Cl)c1)C(=O)NC1CC[C@@H](C(=O)O)C1. The molecule has 0 saturated heterocycles. The molecule has 3 N–H and O–H groups in total. The molecule has 5 rings (SSSR count). The van der Waals surface area contributed by atoms with Crippen LogP contribution in [0.5, 0.6) is 0 Å². The topological polar surface area (TPSA) is 157 Å². The van der Waals surface area contributed by atoms with E-state index in [9.17, 15) is 29.5 Å². The van der Waals surface area contributed by atoms with Crippen molar-refractivity contribution in [1.29, 1.82) is 5.26 Å². The molecule has 2 aliphatic rings. The Balaban J connectivity index is 1.45. The molecule has 13 heteroatoms. The molecular weight excluding hydrogens is 595 g/mol. The fourth-order valence-corrected chi connectivity index (χ4v) is 6.24. The summed E-state index contributed by atoms with van der Waals surface area (Å²) in [6.45, 7) is 3.22. The second-order valence-electron chi connectivity index (χ2n) is 11.1. The third-order valence-corrected chi connectivity index (χ3v) is 8.38. The summed E-state index contributed by atoms with van der Waals surface area (Å²) in [6.07, 6.45) is 2.85. The van der Waals surface area contributed by atoms with E-state index in [-0.39, 0.29) is 30.0 Å². The minimum absolute atomic E-state index is 0.0570. The Hall–Kier alpha value is -4.40. The van der Waals surface area contributed by atoms with Crippen LogP contribution in [0, 0.1) is 17.2 Å². The number of nitriles is 1. The largest absolute Gasteiger partial charge is 0.481 e. The van der Waals surface area contributed by atoms with E-state index in [2.05, 4.69) is 21.7 Å². The van der Waals surface area contributed by atoms with Gasteiger partial charge in [0.15, 0.2) is 0 Å². The number of carbonyl (C=O) groups is 4. The van der Waals surface area contributed by atoms with E-state index in [0.717, 1.165) is 5.56 Å². The quantitative estimate of drug-likeness (QED) is 0.340. The van der Waals surface area contributed by atoms with Crippen LogP contribution in [-0.2, 0) is 26.3 Å². The molecule has 11 nitrogen and oxygen atoms in total. The van der Waals surface area contributed by atoms with Crippen molar-refractivity contribution in [1.82, 2.24) is 20.2 Å². The summed E-state index contributed by atoms with van der Waals surface area (Å²) in [4.78, 5) is 57.7. The molecule has 3 aromatic rings. The van der Waals surface area contributed by atoms with Crippen molar-refractivity contribution in [3.8, 4) is 6.07 Å². The number of halogens is 2. The first-order chi connectivity index (χ1) is 20.4. The first kappa shape index (κ1) is 30.1. The molecule has 43 heavy (non-hydrogen) atoms. The lowest BCUT2D eigenvalue weighted by Crippen LogP contribution is -2.48. The van der Waals surface area contributed by atoms with Crippen LogP contribution in [0.2, 0.25) is 10.0 Å². The summed E-state index contributed by atoms with van der Waals surface area (Å²) < 4.78 is 1.54. The molecule has 1 fully saturated rings. The Morgan fingerprint density at radius 2 is 1.84 bits per heavy atom. The van der Waals surface area contributed by atoms with E-state index in [1.165, 1.54) is 28.7 Å². The lowest BCUT2D eigenvalue weighted by atomic mass is 9.91. The summed E-state index contributed by atoms with van der Waals surface area (Å²) in [7, 11) is 0. The van der Waals surface area contributed by atoms with E-state index in [1.807, 2.05) is 0 Å². The number of rotatable bonds is 8. The van der Waals surface area contributed by atoms with Crippen LogP contribution in [0.3, 0.4) is 0 Å². The van der Waals surface area contributed by atoms with Gasteiger partial charge in [0.1, 0.15) is 17.3 Å². The molecule has 1 aliphatic heterocycles. The number of aromatic nitrogens is 2. The van der Waals surface area contributed by atoms with Gasteiger partial charge in [-0.05, 0) is 69.0 Å². The van der Waals surface area contributed by atoms with E-state index >= 15 is 0 Å². The van der Waals surface area contributed by atoms with E-state index < -0.39 is 35.3 Å². The summed E-state index contributed by atoms with van der Waals surface area (Å²) in [5.41, 5.74) is 0.308. The zero-order valence-corrected chi connectivity index (χ0v) is 24.8. The van der Waals surface area contributed by atoms with Crippen molar-refractivity contribution in [2.24, 2.45) is 5.92 Å². The van der Waals surface area contributed by atoms with E-state index in [1.54, 1.807) is 43.3 Å². The number of nitrogens with zero attached hydrogens (tertiary/aromatic N) is 4. The standard InChI is InChI=1S/C30H28Cl2N6O5/c1-16(25(39)36-22-8-7-19(9-22)27(41)42)35-26(40)24-15-34-29-37(23-11-20(31)10-21(32)12-23)28(43)30(2,38(24)29)13-17-3-5-18(14-33)6-4-17/h3-6,10-12,15-16,19,22H,7-9,13H2,1-2H3,(H,35,40)(H,36,39)(H,41,42)/t16-,19+,22?,30+/m0/s1. The smallest absolute Gasteiger partial charge is 0.306 e. The van der Waals surface area contributed by atoms with Crippen LogP contribution in [0.4, 0.5) is 11.6 Å². The number of benzene rings is 2. The second-order valence-corrected chi connectivity index (χ2v) is 11.9. The third-order valence-electron chi connectivity index (χ3n) is 7.94. The fourth-order valence-electron chi connectivity index (χ4n) is 5.72. The molecule has 1 unspecified atom stereocenters. The van der Waals surface area contributed by atoms with Crippen molar-refractivity contribution < 1.29 is 24.3 Å². The van der Waals surface area contributed by atoms with Gasteiger partial charge in [-0.3, -0.25) is 23.7 Å². The molecule has 4 atom stereocenters. The molecule has 1 aromatic heterocycles. The number of imidazole rings is 1. The van der Waals surface area contributed by atoms with Gasteiger partial charge in [0.25, 0.3) is 11.8 Å². The van der Waals surface area contributed by atoms with Crippen molar-refractivity contribution in [2.45, 2.75) is 57.2 Å². The van der Waals surface area contributed by atoms with Crippen LogP contribution in [-0.4, -0.2) is 50.4 Å². The molecule has 2 aromatic carbocycles. The second kappa shape index (κ2) is 11.7. The number of carbonyl (C=O) groups excluding carboxylic acids is 3. The number of nitrogens with one attached hydrogen (secondary N) is 2. The number of aliphatic carboxylic acids is 1. The first-order valence-corrected chi connectivity index (χ1v) is 14.4. The Bertz CT molecular complexity index is 1650. The highest BCUT2D eigenvalue weighted by molar-refractivity contribution is 6.35. The maximum Gasteiger partial charge on any atom is 0.306 e. The average molecular weight is 623 g/mol. The minimum atomic E-state index is -1.33. The molecule has 1 saturated carbocycles. The van der Waals surface area contributed by atoms with Crippen LogP contribution >= 0.6 is 23.2 Å². The normalized spacial score (nSPS) is 21.7. The van der Waals surface area contributed by atoms with Gasteiger partial charge in [0, 0.05) is 22.5 Å². The number of amides is 3. The lowest BCUT2D eigenvalue weighted by molar-refractivity contribution is -0.141. The number of anilines is 2. The molecule has 222 valence electrons. The lowest BCUT2D eigenvalue weighted by Gasteiger charge is -2.27. The van der Waals surface area contributed by atoms with Crippen molar-refractivity contribution >= 4 is 58.5 Å². The highest BCUT2D eigenvalue weighted by Crippen LogP contribution is 2.43. The molecular formula is C30H28Cl2N6O5. The van der Waals surface area contributed by atoms with Crippen molar-refractivity contribution in [2.75, 3.05) is 4.90 Å². The molecule has 1 aliphatic carbocycles. The number of fused-ring (bicyclic) bond motifs is 1. The Kier molecular flexibility index (Phi) is 8.18. The van der Waals surface area contributed by atoms with Crippen molar-refractivity contribution in [3.63, 3.8) is 0 Å². The van der Waals surface area contributed by atoms with Gasteiger partial charge >= 0.3 is 5.97 Å². The maximum atomic E-state index is 14.2. The summed E-state index contributed by atoms with van der Waals surface area (Å²) in [5, 5.41) is 24.6. The predicted molar refractivity (Wildman–Crippen MR) is 158 cm³/mol. The Labute approximate surface area is 257 Å². The Morgan fingerprint density at radius 1 is 1.16 bits per heavy atom. The number of hydrogen-bond acceptors (Lipinski definition) is 6. The zero-order valence-electron chi connectivity index (χ0n) is 23.3. The van der Waals surface area contributed by atoms with Gasteiger partial charge in [-0.25, -0.2) is 9.88 Å². The number of hydrogen-bond donors (Lipinski definition) is 3. The monoisotopic (exact) mass is 622 g/mol. The van der Waals surface area contributed by atoms with Crippen molar-refractivity contribution in [3.05, 3.63) is 75.5 Å². The van der Waals surface area contributed by atoms with Gasteiger partial charge in [-0.2, -0.15) is 5.26 Å². The highest BCUT2D eigenvalue weighted by atomic mass is 35.5. The van der Waals surface area contributed by atoms with Gasteiger partial charge < -0.3 is 15.7 Å². The number of carboxylic acids is 1. The molecule has 3 amide bonds. The number of carboxylic acid groups (broad SMARTS) is 1. The van der Waals surface area contributed by atoms with E-state index in [4.69, 9.17) is 23.2 Å². The average Bonchev–Trinajstić information content (AvgIpc) is 3.65. The maximum absolute atomic E-state index is 14.2. The third kappa shape index (κ3) is 5.81. The Morgan fingerprint density at radius 3 is 2.44 bits per heavy atom. The molecule has 0 bridgehead atoms. The van der Waals surface area contributed by atoms with Gasteiger partial charge in [0.05, 0.1) is 29.4 Å². The van der Waals surface area contributed by atoms with Crippen LogP contribution < -0.4 is 15.5 Å². The highest BCUT2D eigenvalue weighted by Gasteiger charge is 2.51. The first-order valence-electron chi connectivity index (χ1n) is 13.6. The summed E-state index contributed by atoms with van der Waals surface area (Å²) in [5.74, 6) is -2.67. The van der Waals surface area contributed by atoms with Gasteiger partial charge in [-0.15, -0.1) is 0 Å². The molecule has 0 spiro atoms. The predicted octanol–water partition coefficient (Wildman–Crippen LogP) is 4.19. The van der Waals surface area contributed by atoms with Gasteiger partial charge in [0.2, 0.25) is 11.9 Å². The van der Waals surface area contributed by atoms with Gasteiger partial charge in [-0.1, -0.05) is 35.3 Å². The van der Waals surface area contributed by atoms with Crippen LogP contribution in [0.1, 0.15) is 54.7 Å². The van der Waals surface area contributed by atoms with Crippen LogP contribution in [0.25, 0.3) is 0 Å². The fraction of sp³-hybridized carbons (Fsp3) is 0.333.